The number of aliphatic imine (C=N–C) groups is 1. The lowest BCUT2D eigenvalue weighted by Crippen LogP contribution is -2.55. The van der Waals surface area contributed by atoms with Gasteiger partial charge in [-0.3, -0.25) is 4.99 Å². The van der Waals surface area contributed by atoms with E-state index in [0.717, 1.165) is 18.3 Å². The molecule has 0 spiro atoms. The molecular weight excluding hydrogens is 196 g/mol. The molecule has 1 unspecified atom stereocenters. The van der Waals surface area contributed by atoms with Gasteiger partial charge >= 0.3 is 0 Å². The molecule has 0 aromatic carbocycles. The zero-order valence-electron chi connectivity index (χ0n) is 8.88. The molecule has 0 radical (unpaired) electrons. The molecule has 80 valence electrons. The summed E-state index contributed by atoms with van der Waals surface area (Å²) in [5.74, 6) is 0. The summed E-state index contributed by atoms with van der Waals surface area (Å²) in [6, 6.07) is 0. The Morgan fingerprint density at radius 1 is 1.64 bits per heavy atom. The fourth-order valence-corrected chi connectivity index (χ4v) is 2.91. The summed E-state index contributed by atoms with van der Waals surface area (Å²) in [5.41, 5.74) is 0.199. The Hall–Kier alpha value is -0.220. The van der Waals surface area contributed by atoms with Gasteiger partial charge < -0.3 is 10.1 Å². The average Bonchev–Trinajstić information content (AvgIpc) is 2.48. The molecule has 0 bridgehead atoms. The maximum absolute atomic E-state index is 5.26. The molecule has 1 atom stereocenters. The van der Waals surface area contributed by atoms with Crippen molar-refractivity contribution >= 4 is 16.9 Å². The Kier molecular flexibility index (Phi) is 3.02. The van der Waals surface area contributed by atoms with Crippen LogP contribution in [0.15, 0.2) is 4.99 Å². The van der Waals surface area contributed by atoms with Crippen LogP contribution in [0.2, 0.25) is 0 Å². The van der Waals surface area contributed by atoms with E-state index in [2.05, 4.69) is 17.2 Å². The highest BCUT2D eigenvalue weighted by molar-refractivity contribution is 8.14. The van der Waals surface area contributed by atoms with Gasteiger partial charge in [0.1, 0.15) is 0 Å². The molecule has 0 saturated heterocycles. The molecule has 2 rings (SSSR count). The Balaban J connectivity index is 1.88. The first-order valence-corrected chi connectivity index (χ1v) is 6.10. The number of thioether (sulfide) groups is 1. The lowest BCUT2D eigenvalue weighted by atomic mass is 9.77. The molecule has 0 amide bonds. The van der Waals surface area contributed by atoms with Crippen molar-refractivity contribution in [3.8, 4) is 0 Å². The van der Waals surface area contributed by atoms with Crippen LogP contribution in [0.1, 0.15) is 26.2 Å². The predicted octanol–water partition coefficient (Wildman–Crippen LogP) is 1.64. The minimum atomic E-state index is 0.199. The third kappa shape index (κ3) is 2.06. The smallest absolute Gasteiger partial charge is 0.157 e. The van der Waals surface area contributed by atoms with Gasteiger partial charge in [0.25, 0.3) is 0 Å². The van der Waals surface area contributed by atoms with Crippen LogP contribution in [0.3, 0.4) is 0 Å². The van der Waals surface area contributed by atoms with Gasteiger partial charge in [-0.25, -0.2) is 0 Å². The second-order valence-electron chi connectivity index (χ2n) is 4.27. The predicted molar refractivity (Wildman–Crippen MR) is 60.9 cm³/mol. The first kappa shape index (κ1) is 10.3. The number of amidine groups is 1. The van der Waals surface area contributed by atoms with Crippen molar-refractivity contribution in [3.05, 3.63) is 0 Å². The fourth-order valence-electron chi connectivity index (χ4n) is 1.96. The van der Waals surface area contributed by atoms with E-state index in [1.807, 2.05) is 11.8 Å². The van der Waals surface area contributed by atoms with Crippen molar-refractivity contribution in [3.63, 3.8) is 0 Å². The Morgan fingerprint density at radius 2 is 2.43 bits per heavy atom. The van der Waals surface area contributed by atoms with Gasteiger partial charge in [0.2, 0.25) is 0 Å². The molecule has 1 aliphatic heterocycles. The van der Waals surface area contributed by atoms with Crippen LogP contribution >= 0.6 is 11.8 Å². The van der Waals surface area contributed by atoms with E-state index in [1.165, 1.54) is 19.3 Å². The van der Waals surface area contributed by atoms with Gasteiger partial charge in [-0.15, -0.1) is 0 Å². The molecular formula is C10H18N2OS. The summed E-state index contributed by atoms with van der Waals surface area (Å²) < 4.78 is 5.26. The van der Waals surface area contributed by atoms with Crippen LogP contribution in [0, 0.1) is 0 Å². The molecule has 1 heterocycles. The van der Waals surface area contributed by atoms with E-state index in [9.17, 15) is 0 Å². The summed E-state index contributed by atoms with van der Waals surface area (Å²) in [6.07, 6.45) is 3.74. The molecule has 2 aliphatic rings. The number of ether oxygens (including phenoxy) is 1. The molecule has 14 heavy (non-hydrogen) atoms. The van der Waals surface area contributed by atoms with E-state index >= 15 is 0 Å². The maximum Gasteiger partial charge on any atom is 0.157 e. The van der Waals surface area contributed by atoms with Gasteiger partial charge in [-0.2, -0.15) is 0 Å². The lowest BCUT2D eigenvalue weighted by molar-refractivity contribution is 0.0711. The Bertz CT molecular complexity index is 238. The van der Waals surface area contributed by atoms with Crippen LogP contribution < -0.4 is 5.32 Å². The summed E-state index contributed by atoms with van der Waals surface area (Å²) in [6.45, 7) is 3.98. The van der Waals surface area contributed by atoms with E-state index in [1.54, 1.807) is 7.11 Å². The number of rotatable bonds is 3. The Morgan fingerprint density at radius 3 is 2.86 bits per heavy atom. The molecule has 0 aromatic rings. The van der Waals surface area contributed by atoms with Crippen LogP contribution in [0.25, 0.3) is 0 Å². The summed E-state index contributed by atoms with van der Waals surface area (Å²) >= 11 is 1.85. The normalized spacial score (nSPS) is 29.6. The highest BCUT2D eigenvalue weighted by Gasteiger charge is 2.38. The molecule has 0 aromatic heterocycles. The molecule has 1 aliphatic carbocycles. The molecule has 1 saturated carbocycles. The third-order valence-electron chi connectivity index (χ3n) is 2.91. The molecule has 4 heteroatoms. The monoisotopic (exact) mass is 214 g/mol. The largest absolute Gasteiger partial charge is 0.382 e. The van der Waals surface area contributed by atoms with Crippen LogP contribution in [0.5, 0.6) is 0 Å². The number of methoxy groups -OCH3 is 1. The number of nitrogens with one attached hydrogen (secondary N) is 1. The first-order chi connectivity index (χ1) is 6.74. The average molecular weight is 214 g/mol. The van der Waals surface area contributed by atoms with E-state index in [0.29, 0.717) is 5.25 Å². The van der Waals surface area contributed by atoms with Crippen molar-refractivity contribution in [2.24, 2.45) is 4.99 Å². The second kappa shape index (κ2) is 4.11. The summed E-state index contributed by atoms with van der Waals surface area (Å²) in [5, 5.41) is 5.30. The van der Waals surface area contributed by atoms with Gasteiger partial charge in [0, 0.05) is 12.4 Å². The fraction of sp³-hybridized carbons (Fsp3) is 0.900. The standard InChI is InChI=1S/C10H18N2OS/c1-8-6-11-9(14-8)12-10(7-13-2)4-3-5-10/h8H,3-7H2,1-2H3,(H,11,12). The lowest BCUT2D eigenvalue weighted by Gasteiger charge is -2.42. The molecule has 1 fully saturated rings. The van der Waals surface area contributed by atoms with Gasteiger partial charge in [-0.05, 0) is 19.3 Å². The van der Waals surface area contributed by atoms with Gasteiger partial charge in [0.15, 0.2) is 5.17 Å². The SMILES string of the molecule is COCC1(NC2=NCC(C)S2)CCC1. The number of hydrogen-bond acceptors (Lipinski definition) is 4. The van der Waals surface area contributed by atoms with Crippen molar-refractivity contribution in [1.82, 2.24) is 5.32 Å². The highest BCUT2D eigenvalue weighted by atomic mass is 32.2. The maximum atomic E-state index is 5.26. The van der Waals surface area contributed by atoms with E-state index in [-0.39, 0.29) is 5.54 Å². The number of hydrogen-bond donors (Lipinski definition) is 1. The van der Waals surface area contributed by atoms with Crippen molar-refractivity contribution in [1.29, 1.82) is 0 Å². The third-order valence-corrected chi connectivity index (χ3v) is 3.91. The number of nitrogens with zero attached hydrogens (tertiary/aromatic N) is 1. The van der Waals surface area contributed by atoms with Gasteiger partial charge in [0.05, 0.1) is 18.7 Å². The zero-order valence-corrected chi connectivity index (χ0v) is 9.69. The van der Waals surface area contributed by atoms with Gasteiger partial charge in [-0.1, -0.05) is 18.7 Å². The Labute approximate surface area is 89.7 Å². The highest BCUT2D eigenvalue weighted by Crippen LogP contribution is 2.33. The van der Waals surface area contributed by atoms with Crippen molar-refractivity contribution in [2.75, 3.05) is 20.3 Å². The van der Waals surface area contributed by atoms with Crippen LogP contribution in [0.4, 0.5) is 0 Å². The van der Waals surface area contributed by atoms with Crippen molar-refractivity contribution in [2.45, 2.75) is 37.0 Å². The van der Waals surface area contributed by atoms with Crippen LogP contribution in [-0.4, -0.2) is 36.2 Å². The minimum Gasteiger partial charge on any atom is -0.382 e. The zero-order chi connectivity index (χ0) is 10.0. The summed E-state index contributed by atoms with van der Waals surface area (Å²) in [4.78, 5) is 4.48. The second-order valence-corrected chi connectivity index (χ2v) is 5.69. The summed E-state index contributed by atoms with van der Waals surface area (Å²) in [7, 11) is 1.77. The van der Waals surface area contributed by atoms with Crippen molar-refractivity contribution < 1.29 is 4.74 Å². The minimum absolute atomic E-state index is 0.199. The first-order valence-electron chi connectivity index (χ1n) is 5.22. The van der Waals surface area contributed by atoms with Crippen LogP contribution in [-0.2, 0) is 4.74 Å². The van der Waals surface area contributed by atoms with E-state index in [4.69, 9.17) is 4.74 Å². The quantitative estimate of drug-likeness (QED) is 0.775. The molecule has 1 N–H and O–H groups in total. The molecule has 3 nitrogen and oxygen atoms in total. The van der Waals surface area contributed by atoms with E-state index < -0.39 is 0 Å². The topological polar surface area (TPSA) is 33.6 Å².